The minimum atomic E-state index is -4.38. The van der Waals surface area contributed by atoms with Gasteiger partial charge in [0.2, 0.25) is 5.91 Å². The molecule has 0 aromatic heterocycles. The Kier molecular flexibility index (Phi) is 3.81. The predicted octanol–water partition coefficient (Wildman–Crippen LogP) is 0.605. The minimum Gasteiger partial charge on any atom is -0.369 e. The summed E-state index contributed by atoms with van der Waals surface area (Å²) < 4.78 is 37.8. The third-order valence-corrected chi connectivity index (χ3v) is 2.66. The summed E-state index contributed by atoms with van der Waals surface area (Å²) in [6, 6.07) is 0. The monoisotopic (exact) mass is 234 g/mol. The zero-order valence-electron chi connectivity index (χ0n) is 8.84. The maximum Gasteiger partial charge on any atom is 0.393 e. The van der Waals surface area contributed by atoms with Crippen LogP contribution >= 0.6 is 0 Å². The molecule has 0 aromatic carbocycles. The molecule has 0 spiro atoms. The Morgan fingerprint density at radius 3 is 2.50 bits per heavy atom. The fraction of sp³-hybridized carbons (Fsp3) is 0.700. The average Bonchev–Trinajstić information content (AvgIpc) is 2.58. The van der Waals surface area contributed by atoms with Gasteiger partial charge in [-0.25, -0.2) is 0 Å². The van der Waals surface area contributed by atoms with E-state index in [1.54, 1.807) is 6.92 Å². The Morgan fingerprint density at radius 2 is 2.12 bits per heavy atom. The van der Waals surface area contributed by atoms with E-state index in [-0.39, 0.29) is 19.6 Å². The van der Waals surface area contributed by atoms with Crippen molar-refractivity contribution in [2.24, 2.45) is 17.6 Å². The zero-order valence-corrected chi connectivity index (χ0v) is 8.84. The molecule has 2 N–H and O–H groups in total. The van der Waals surface area contributed by atoms with Gasteiger partial charge in [-0.05, 0) is 6.92 Å². The molecule has 1 rings (SSSR count). The van der Waals surface area contributed by atoms with Crippen molar-refractivity contribution in [3.8, 4) is 11.8 Å². The quantitative estimate of drug-likeness (QED) is 0.711. The summed E-state index contributed by atoms with van der Waals surface area (Å²) in [6.45, 7) is 1.69. The normalized spacial score (nSPS) is 26.2. The lowest BCUT2D eigenvalue weighted by Crippen LogP contribution is -2.37. The molecular weight excluding hydrogens is 221 g/mol. The summed E-state index contributed by atoms with van der Waals surface area (Å²) in [5, 5.41) is 0. The Labute approximate surface area is 91.8 Å². The van der Waals surface area contributed by atoms with Crippen molar-refractivity contribution in [2.75, 3.05) is 19.6 Å². The number of nitrogens with zero attached hydrogens (tertiary/aromatic N) is 1. The van der Waals surface area contributed by atoms with Gasteiger partial charge in [0.25, 0.3) is 0 Å². The standard InChI is InChI=1S/C10H13F3N2O/c1-2-3-4-15-5-7(9(14)16)8(6-15)10(11,12)13/h7-8H,4-6H2,1H3,(H2,14,16)/t7-,8-/m1/s1. The number of primary amides is 1. The lowest BCUT2D eigenvalue weighted by atomic mass is 9.95. The van der Waals surface area contributed by atoms with Crippen LogP contribution in [0.25, 0.3) is 0 Å². The highest BCUT2D eigenvalue weighted by atomic mass is 19.4. The molecule has 1 aliphatic rings. The molecule has 1 fully saturated rings. The van der Waals surface area contributed by atoms with Crippen LogP contribution in [0.5, 0.6) is 0 Å². The zero-order chi connectivity index (χ0) is 12.3. The van der Waals surface area contributed by atoms with E-state index in [4.69, 9.17) is 5.73 Å². The minimum absolute atomic E-state index is 0.0359. The van der Waals surface area contributed by atoms with Crippen molar-refractivity contribution in [1.82, 2.24) is 4.90 Å². The van der Waals surface area contributed by atoms with Gasteiger partial charge in [-0.3, -0.25) is 9.69 Å². The summed E-state index contributed by atoms with van der Waals surface area (Å²) >= 11 is 0. The molecule has 3 nitrogen and oxygen atoms in total. The fourth-order valence-electron chi connectivity index (χ4n) is 1.83. The Morgan fingerprint density at radius 1 is 1.50 bits per heavy atom. The molecule has 0 aromatic rings. The molecule has 90 valence electrons. The second-order valence-corrected chi connectivity index (χ2v) is 3.78. The number of likely N-dealkylation sites (tertiary alicyclic amines) is 1. The molecule has 16 heavy (non-hydrogen) atoms. The highest BCUT2D eigenvalue weighted by Gasteiger charge is 2.51. The smallest absolute Gasteiger partial charge is 0.369 e. The molecule has 2 atom stereocenters. The summed E-state index contributed by atoms with van der Waals surface area (Å²) in [7, 11) is 0. The van der Waals surface area contributed by atoms with Gasteiger partial charge >= 0.3 is 6.18 Å². The molecule has 6 heteroatoms. The largest absolute Gasteiger partial charge is 0.393 e. The topological polar surface area (TPSA) is 46.3 Å². The van der Waals surface area contributed by atoms with Crippen molar-refractivity contribution in [2.45, 2.75) is 13.1 Å². The van der Waals surface area contributed by atoms with E-state index in [1.807, 2.05) is 0 Å². The van der Waals surface area contributed by atoms with Gasteiger partial charge in [0.05, 0.1) is 18.4 Å². The maximum atomic E-state index is 12.6. The van der Waals surface area contributed by atoms with Crippen molar-refractivity contribution < 1.29 is 18.0 Å². The van der Waals surface area contributed by atoms with E-state index in [2.05, 4.69) is 11.8 Å². The number of hydrogen-bond acceptors (Lipinski definition) is 2. The fourth-order valence-corrected chi connectivity index (χ4v) is 1.83. The van der Waals surface area contributed by atoms with Gasteiger partial charge in [-0.15, -0.1) is 5.92 Å². The van der Waals surface area contributed by atoms with Gasteiger partial charge in [-0.2, -0.15) is 13.2 Å². The molecule has 1 aliphatic heterocycles. The average molecular weight is 234 g/mol. The number of carbonyl (C=O) groups excluding carboxylic acids is 1. The van der Waals surface area contributed by atoms with Crippen LogP contribution in [0.1, 0.15) is 6.92 Å². The van der Waals surface area contributed by atoms with Crippen molar-refractivity contribution in [3.63, 3.8) is 0 Å². The lowest BCUT2D eigenvalue weighted by molar-refractivity contribution is -0.182. The predicted molar refractivity (Wildman–Crippen MR) is 52.1 cm³/mol. The molecule has 1 saturated heterocycles. The molecule has 0 aliphatic carbocycles. The third-order valence-electron chi connectivity index (χ3n) is 2.66. The number of alkyl halides is 3. The summed E-state index contributed by atoms with van der Waals surface area (Å²) in [5.74, 6) is 1.57. The summed E-state index contributed by atoms with van der Waals surface area (Å²) in [6.07, 6.45) is -4.38. The number of rotatable bonds is 2. The van der Waals surface area contributed by atoms with Crippen LogP contribution in [0.2, 0.25) is 0 Å². The summed E-state index contributed by atoms with van der Waals surface area (Å²) in [4.78, 5) is 12.4. The molecule has 0 saturated carbocycles. The van der Waals surface area contributed by atoms with Crippen LogP contribution in [-0.2, 0) is 4.79 Å². The van der Waals surface area contributed by atoms with Gasteiger partial charge < -0.3 is 5.73 Å². The van der Waals surface area contributed by atoms with Gasteiger partial charge in [0, 0.05) is 13.1 Å². The number of nitrogens with two attached hydrogens (primary N) is 1. The van der Waals surface area contributed by atoms with Crippen LogP contribution < -0.4 is 5.73 Å². The Bertz CT molecular complexity index is 329. The van der Waals surface area contributed by atoms with E-state index >= 15 is 0 Å². The van der Waals surface area contributed by atoms with E-state index in [1.165, 1.54) is 4.90 Å². The van der Waals surface area contributed by atoms with Gasteiger partial charge in [0.15, 0.2) is 0 Å². The second kappa shape index (κ2) is 4.74. The van der Waals surface area contributed by atoms with Gasteiger partial charge in [0.1, 0.15) is 0 Å². The third kappa shape index (κ3) is 2.89. The van der Waals surface area contributed by atoms with Crippen LogP contribution in [0.4, 0.5) is 13.2 Å². The first-order chi connectivity index (χ1) is 7.36. The first kappa shape index (κ1) is 12.8. The number of carbonyl (C=O) groups is 1. The molecule has 1 amide bonds. The summed E-state index contributed by atoms with van der Waals surface area (Å²) in [5.41, 5.74) is 4.97. The first-order valence-electron chi connectivity index (χ1n) is 4.84. The van der Waals surface area contributed by atoms with Crippen LogP contribution in [0, 0.1) is 23.7 Å². The maximum absolute atomic E-state index is 12.6. The highest BCUT2D eigenvalue weighted by Crippen LogP contribution is 2.37. The van der Waals surface area contributed by atoms with E-state index in [0.29, 0.717) is 0 Å². The number of halogens is 3. The molecule has 0 bridgehead atoms. The Balaban J connectivity index is 2.75. The van der Waals surface area contributed by atoms with Crippen LogP contribution in [-0.4, -0.2) is 36.6 Å². The molecule has 0 unspecified atom stereocenters. The molecular formula is C10H13F3N2O. The Hall–Kier alpha value is -1.22. The van der Waals surface area contributed by atoms with Crippen molar-refractivity contribution >= 4 is 5.91 Å². The van der Waals surface area contributed by atoms with Crippen molar-refractivity contribution in [3.05, 3.63) is 0 Å². The number of hydrogen-bond donors (Lipinski definition) is 1. The van der Waals surface area contributed by atoms with Crippen LogP contribution in [0.3, 0.4) is 0 Å². The van der Waals surface area contributed by atoms with E-state index in [0.717, 1.165) is 0 Å². The lowest BCUT2D eigenvalue weighted by Gasteiger charge is -2.18. The molecule has 1 heterocycles. The second-order valence-electron chi connectivity index (χ2n) is 3.78. The van der Waals surface area contributed by atoms with Crippen molar-refractivity contribution in [1.29, 1.82) is 0 Å². The molecule has 0 radical (unpaired) electrons. The van der Waals surface area contributed by atoms with Gasteiger partial charge in [-0.1, -0.05) is 5.92 Å². The first-order valence-corrected chi connectivity index (χ1v) is 4.84. The highest BCUT2D eigenvalue weighted by molar-refractivity contribution is 5.77. The SMILES string of the molecule is CC#CCN1C[C@@H](C(F)(F)F)[C@H](C(N)=O)C1. The number of amides is 1. The van der Waals surface area contributed by atoms with E-state index in [9.17, 15) is 18.0 Å². The van der Waals surface area contributed by atoms with Crippen LogP contribution in [0.15, 0.2) is 0 Å². The van der Waals surface area contributed by atoms with E-state index < -0.39 is 23.9 Å².